The van der Waals surface area contributed by atoms with Crippen LogP contribution in [-0.4, -0.2) is 48.6 Å². The van der Waals surface area contributed by atoms with Gasteiger partial charge in [0.05, 0.1) is 23.2 Å². The van der Waals surface area contributed by atoms with Crippen LogP contribution in [0.1, 0.15) is 39.7 Å². The number of hydrogen-bond acceptors (Lipinski definition) is 7. The van der Waals surface area contributed by atoms with E-state index >= 15 is 0 Å². The number of ether oxygens (including phenoxy) is 2. The first-order valence-corrected chi connectivity index (χ1v) is 10.7. The zero-order valence-electron chi connectivity index (χ0n) is 17.6. The summed E-state index contributed by atoms with van der Waals surface area (Å²) in [6.07, 6.45) is 2.02. The lowest BCUT2D eigenvalue weighted by molar-refractivity contribution is -0.115. The summed E-state index contributed by atoms with van der Waals surface area (Å²) in [5, 5.41) is 4.82. The molecule has 3 amide bonds. The summed E-state index contributed by atoms with van der Waals surface area (Å²) >= 11 is 0.882. The lowest BCUT2D eigenvalue weighted by atomic mass is 10.1. The van der Waals surface area contributed by atoms with Gasteiger partial charge in [0.1, 0.15) is 11.4 Å². The van der Waals surface area contributed by atoms with Crippen LogP contribution in [0, 0.1) is 0 Å². The van der Waals surface area contributed by atoms with Crippen molar-refractivity contribution in [1.29, 1.82) is 0 Å². The third-order valence-corrected chi connectivity index (χ3v) is 5.29. The maximum absolute atomic E-state index is 12.1. The summed E-state index contributed by atoms with van der Waals surface area (Å²) in [5.41, 5.74) is 1.07. The number of imide groups is 1. The van der Waals surface area contributed by atoms with Gasteiger partial charge in [0.25, 0.3) is 11.1 Å². The van der Waals surface area contributed by atoms with Crippen LogP contribution in [0.15, 0.2) is 23.1 Å². The van der Waals surface area contributed by atoms with Gasteiger partial charge in [0.15, 0.2) is 0 Å². The number of nitrogens with zero attached hydrogens (tertiary/aromatic N) is 1. The van der Waals surface area contributed by atoms with Crippen LogP contribution in [0.3, 0.4) is 0 Å². The maximum Gasteiger partial charge on any atom is 0.407 e. The number of alkyl carbamates (subject to hydrolysis) is 1. The van der Waals surface area contributed by atoms with Gasteiger partial charge in [0, 0.05) is 18.7 Å². The van der Waals surface area contributed by atoms with Gasteiger partial charge in [-0.05, 0) is 58.0 Å². The van der Waals surface area contributed by atoms with Crippen LogP contribution in [0.5, 0.6) is 5.75 Å². The van der Waals surface area contributed by atoms with E-state index in [1.165, 1.54) is 0 Å². The number of anilines is 1. The average Bonchev–Trinajstić information content (AvgIpc) is 3.20. The number of nitrogens with one attached hydrogen (secondary N) is 2. The Bertz CT molecular complexity index is 878. The molecule has 162 valence electrons. The Balaban J connectivity index is 1.82. The van der Waals surface area contributed by atoms with Crippen LogP contribution < -0.4 is 20.3 Å². The predicted molar refractivity (Wildman–Crippen MR) is 117 cm³/mol. The van der Waals surface area contributed by atoms with Crippen LogP contribution in [0.4, 0.5) is 15.3 Å². The molecule has 1 atom stereocenters. The zero-order chi connectivity index (χ0) is 21.9. The fourth-order valence-electron chi connectivity index (χ4n) is 3.38. The summed E-state index contributed by atoms with van der Waals surface area (Å²) in [6, 6.07) is 5.55. The minimum atomic E-state index is -0.555. The van der Waals surface area contributed by atoms with Crippen molar-refractivity contribution >= 4 is 40.8 Å². The highest BCUT2D eigenvalue weighted by molar-refractivity contribution is 8.18. The van der Waals surface area contributed by atoms with Gasteiger partial charge in [-0.25, -0.2) is 4.79 Å². The van der Waals surface area contributed by atoms with Crippen molar-refractivity contribution in [3.63, 3.8) is 0 Å². The average molecular weight is 434 g/mol. The molecule has 2 heterocycles. The maximum atomic E-state index is 12.1. The van der Waals surface area contributed by atoms with Gasteiger partial charge in [-0.1, -0.05) is 12.1 Å². The van der Waals surface area contributed by atoms with Gasteiger partial charge in [-0.3, -0.25) is 14.9 Å². The first-order valence-electron chi connectivity index (χ1n) is 9.91. The van der Waals surface area contributed by atoms with Gasteiger partial charge >= 0.3 is 6.09 Å². The van der Waals surface area contributed by atoms with Crippen molar-refractivity contribution in [1.82, 2.24) is 10.6 Å². The number of para-hydroxylation sites is 1. The highest BCUT2D eigenvalue weighted by atomic mass is 32.2. The Morgan fingerprint density at radius 2 is 2.13 bits per heavy atom. The smallest absolute Gasteiger partial charge is 0.407 e. The van der Waals surface area contributed by atoms with Crippen molar-refractivity contribution < 1.29 is 23.9 Å². The summed E-state index contributed by atoms with van der Waals surface area (Å²) < 4.78 is 11.2. The van der Waals surface area contributed by atoms with Gasteiger partial charge in [-0.2, -0.15) is 0 Å². The molecule has 3 rings (SSSR count). The first kappa shape index (κ1) is 22.0. The van der Waals surface area contributed by atoms with Crippen molar-refractivity contribution in [2.75, 3.05) is 24.6 Å². The van der Waals surface area contributed by atoms with E-state index in [4.69, 9.17) is 9.47 Å². The Morgan fingerprint density at radius 3 is 2.77 bits per heavy atom. The highest BCUT2D eigenvalue weighted by Crippen LogP contribution is 2.37. The fourth-order valence-corrected chi connectivity index (χ4v) is 4.06. The Hall–Kier alpha value is -2.68. The molecule has 30 heavy (non-hydrogen) atoms. The third-order valence-electron chi connectivity index (χ3n) is 4.48. The SMILES string of the molecule is CCOc1cccc(C=C2SC(=O)NC2=O)c1N1CCC(NC(=O)OC(C)(C)C)C1. The number of carbonyl (C=O) groups excluding carboxylic acids is 3. The first-order chi connectivity index (χ1) is 14.2. The second-order valence-corrected chi connectivity index (χ2v) is 9.07. The van der Waals surface area contributed by atoms with E-state index in [9.17, 15) is 14.4 Å². The molecule has 0 aromatic heterocycles. The quantitative estimate of drug-likeness (QED) is 0.686. The molecule has 0 saturated carbocycles. The van der Waals surface area contributed by atoms with Crippen LogP contribution >= 0.6 is 11.8 Å². The van der Waals surface area contributed by atoms with Gasteiger partial charge in [-0.15, -0.1) is 0 Å². The molecule has 0 spiro atoms. The molecule has 1 aromatic rings. The minimum absolute atomic E-state index is 0.0687. The molecule has 9 heteroatoms. The van der Waals surface area contributed by atoms with Gasteiger partial charge < -0.3 is 19.7 Å². The van der Waals surface area contributed by atoms with Crippen LogP contribution in [-0.2, 0) is 9.53 Å². The number of benzene rings is 1. The van der Waals surface area contributed by atoms with Crippen molar-refractivity contribution in [3.05, 3.63) is 28.7 Å². The van der Waals surface area contributed by atoms with Crippen LogP contribution in [0.2, 0.25) is 0 Å². The second kappa shape index (κ2) is 8.99. The predicted octanol–water partition coefficient (Wildman–Crippen LogP) is 3.51. The number of rotatable bonds is 5. The molecule has 1 aromatic carbocycles. The van der Waals surface area contributed by atoms with E-state index < -0.39 is 17.6 Å². The van der Waals surface area contributed by atoms with E-state index in [2.05, 4.69) is 15.5 Å². The second-order valence-electron chi connectivity index (χ2n) is 8.06. The molecule has 2 saturated heterocycles. The molecule has 2 N–H and O–H groups in total. The number of amides is 3. The van der Waals surface area contributed by atoms with Crippen molar-refractivity contribution in [3.8, 4) is 5.75 Å². The Morgan fingerprint density at radius 1 is 1.37 bits per heavy atom. The highest BCUT2D eigenvalue weighted by Gasteiger charge is 2.30. The standard InChI is InChI=1S/C21H27N3O5S/c1-5-28-15-8-6-7-13(11-16-18(25)23-20(27)30-16)17(15)24-10-9-14(12-24)22-19(26)29-21(2,3)4/h6-8,11,14H,5,9-10,12H2,1-4H3,(H,22,26)(H,23,25,27). The third kappa shape index (κ3) is 5.47. The van der Waals surface area contributed by atoms with Crippen molar-refractivity contribution in [2.45, 2.75) is 45.8 Å². The Kier molecular flexibility index (Phi) is 6.60. The van der Waals surface area contributed by atoms with Crippen molar-refractivity contribution in [2.24, 2.45) is 0 Å². The topological polar surface area (TPSA) is 97.0 Å². The molecule has 8 nitrogen and oxygen atoms in total. The monoisotopic (exact) mass is 433 g/mol. The van der Waals surface area contributed by atoms with E-state index in [0.717, 1.165) is 29.4 Å². The molecule has 0 aliphatic carbocycles. The Labute approximate surface area is 180 Å². The molecular weight excluding hydrogens is 406 g/mol. The normalized spacial score (nSPS) is 20.5. The number of thioether (sulfide) groups is 1. The largest absolute Gasteiger partial charge is 0.492 e. The number of hydrogen-bond donors (Lipinski definition) is 2. The molecule has 1 unspecified atom stereocenters. The molecule has 2 aliphatic heterocycles. The summed E-state index contributed by atoms with van der Waals surface area (Å²) in [4.78, 5) is 38.1. The summed E-state index contributed by atoms with van der Waals surface area (Å²) in [6.45, 7) is 9.17. The molecule has 2 aliphatic rings. The van der Waals surface area contributed by atoms with E-state index in [1.807, 2.05) is 45.9 Å². The summed E-state index contributed by atoms with van der Waals surface area (Å²) in [5.74, 6) is 0.295. The summed E-state index contributed by atoms with van der Waals surface area (Å²) in [7, 11) is 0. The molecule has 0 bridgehead atoms. The van der Waals surface area contributed by atoms with E-state index in [-0.39, 0.29) is 11.3 Å². The molecule has 0 radical (unpaired) electrons. The zero-order valence-corrected chi connectivity index (χ0v) is 18.4. The minimum Gasteiger partial charge on any atom is -0.492 e. The lowest BCUT2D eigenvalue weighted by Crippen LogP contribution is -2.40. The van der Waals surface area contributed by atoms with Gasteiger partial charge in [0.2, 0.25) is 0 Å². The van der Waals surface area contributed by atoms with E-state index in [0.29, 0.717) is 30.4 Å². The number of carbonyl (C=O) groups is 3. The van der Waals surface area contributed by atoms with Crippen LogP contribution in [0.25, 0.3) is 6.08 Å². The molecule has 2 fully saturated rings. The molecular formula is C21H27N3O5S. The lowest BCUT2D eigenvalue weighted by Gasteiger charge is -2.25. The fraction of sp³-hybridized carbons (Fsp3) is 0.476. The van der Waals surface area contributed by atoms with E-state index in [1.54, 1.807) is 6.08 Å².